The highest BCUT2D eigenvalue weighted by molar-refractivity contribution is 6.29. The van der Waals surface area contributed by atoms with Crippen molar-refractivity contribution in [3.63, 3.8) is 0 Å². The Balaban J connectivity index is 2.62. The van der Waals surface area contributed by atoms with Crippen LogP contribution in [0.5, 0.6) is 0 Å². The van der Waals surface area contributed by atoms with Gasteiger partial charge < -0.3 is 4.90 Å². The van der Waals surface area contributed by atoms with E-state index in [-0.39, 0.29) is 5.91 Å². The first kappa shape index (κ1) is 14.9. The van der Waals surface area contributed by atoms with Gasteiger partial charge in [-0.15, -0.1) is 0 Å². The molecule has 1 rings (SSSR count). The smallest absolute Gasteiger partial charge is 0.236 e. The summed E-state index contributed by atoms with van der Waals surface area (Å²) < 4.78 is 0. The van der Waals surface area contributed by atoms with Crippen molar-refractivity contribution in [3.8, 4) is 0 Å². The highest BCUT2D eigenvalue weighted by Crippen LogP contribution is 2.05. The first-order chi connectivity index (χ1) is 8.52. The fraction of sp³-hybridized carbons (Fsp3) is 0.583. The van der Waals surface area contributed by atoms with E-state index in [4.69, 9.17) is 11.6 Å². The molecule has 0 spiro atoms. The maximum atomic E-state index is 11.7. The maximum Gasteiger partial charge on any atom is 0.236 e. The number of hydrogen-bond acceptors (Lipinski definition) is 4. The minimum absolute atomic E-state index is 0.0883. The third kappa shape index (κ3) is 4.98. The molecule has 100 valence electrons. The number of aromatic nitrogens is 2. The number of carbonyl (C=O) groups excluding carboxylic acids is 1. The van der Waals surface area contributed by atoms with Gasteiger partial charge in [0.15, 0.2) is 0 Å². The summed E-state index contributed by atoms with van der Waals surface area (Å²) >= 11 is 5.69. The maximum absolute atomic E-state index is 11.7. The quantitative estimate of drug-likeness (QED) is 0.785. The van der Waals surface area contributed by atoms with Crippen LogP contribution in [-0.4, -0.2) is 52.9 Å². The second-order valence-electron chi connectivity index (χ2n) is 4.33. The van der Waals surface area contributed by atoms with Gasteiger partial charge in [-0.25, -0.2) is 4.98 Å². The average molecular weight is 271 g/mol. The summed E-state index contributed by atoms with van der Waals surface area (Å²) in [5.74, 6) is 0.0883. The van der Waals surface area contributed by atoms with Crippen molar-refractivity contribution in [2.45, 2.75) is 19.9 Å². The Morgan fingerprint density at radius 2 is 2.06 bits per heavy atom. The molecule has 18 heavy (non-hydrogen) atoms. The number of hydrogen-bond donors (Lipinski definition) is 0. The van der Waals surface area contributed by atoms with E-state index in [1.165, 1.54) is 6.20 Å². The number of likely N-dealkylation sites (N-methyl/N-ethyl adjacent to an activating group) is 1. The number of rotatable bonds is 6. The molecular formula is C12H19ClN4O. The fourth-order valence-corrected chi connectivity index (χ4v) is 1.61. The van der Waals surface area contributed by atoms with Crippen LogP contribution in [0.1, 0.15) is 19.0 Å². The predicted molar refractivity (Wildman–Crippen MR) is 71.3 cm³/mol. The molecule has 1 aromatic heterocycles. The van der Waals surface area contributed by atoms with E-state index in [0.717, 1.165) is 18.7 Å². The summed E-state index contributed by atoms with van der Waals surface area (Å²) in [4.78, 5) is 23.5. The summed E-state index contributed by atoms with van der Waals surface area (Å²) in [6.45, 7) is 3.94. The number of halogens is 1. The first-order valence-electron chi connectivity index (χ1n) is 5.91. The summed E-state index contributed by atoms with van der Waals surface area (Å²) in [5, 5.41) is 0.380. The van der Waals surface area contributed by atoms with Crippen LogP contribution >= 0.6 is 11.6 Å². The van der Waals surface area contributed by atoms with Crippen molar-refractivity contribution >= 4 is 17.5 Å². The second-order valence-corrected chi connectivity index (χ2v) is 4.72. The van der Waals surface area contributed by atoms with Gasteiger partial charge in [0, 0.05) is 20.6 Å². The SMILES string of the molecule is CCCN(CC(=O)N(C)C)Cc1cnc(Cl)cn1. The van der Waals surface area contributed by atoms with Gasteiger partial charge in [-0.05, 0) is 13.0 Å². The largest absolute Gasteiger partial charge is 0.348 e. The predicted octanol–water partition coefficient (Wildman–Crippen LogP) is 1.43. The summed E-state index contributed by atoms with van der Waals surface area (Å²) in [7, 11) is 3.52. The van der Waals surface area contributed by atoms with Crippen LogP contribution in [0, 0.1) is 0 Å². The number of carbonyl (C=O) groups is 1. The Hall–Kier alpha value is -1.20. The van der Waals surface area contributed by atoms with Crippen LogP contribution in [0.2, 0.25) is 5.15 Å². The van der Waals surface area contributed by atoms with Crippen LogP contribution in [0.3, 0.4) is 0 Å². The second kappa shape index (κ2) is 7.28. The molecule has 6 heteroatoms. The molecule has 1 amide bonds. The zero-order valence-electron chi connectivity index (χ0n) is 11.1. The molecule has 0 bridgehead atoms. The van der Waals surface area contributed by atoms with E-state index in [1.807, 2.05) is 0 Å². The lowest BCUT2D eigenvalue weighted by atomic mass is 10.3. The topological polar surface area (TPSA) is 49.3 Å². The molecule has 0 N–H and O–H groups in total. The number of nitrogens with zero attached hydrogens (tertiary/aromatic N) is 4. The van der Waals surface area contributed by atoms with Crippen LogP contribution in [0.25, 0.3) is 0 Å². The van der Waals surface area contributed by atoms with E-state index < -0.39 is 0 Å². The van der Waals surface area contributed by atoms with Gasteiger partial charge in [-0.1, -0.05) is 18.5 Å². The molecule has 0 saturated heterocycles. The lowest BCUT2D eigenvalue weighted by Gasteiger charge is -2.22. The van der Waals surface area contributed by atoms with Crippen molar-refractivity contribution in [2.24, 2.45) is 0 Å². The Morgan fingerprint density at radius 3 is 2.56 bits per heavy atom. The van der Waals surface area contributed by atoms with Crippen molar-refractivity contribution < 1.29 is 4.79 Å². The van der Waals surface area contributed by atoms with Crippen molar-refractivity contribution in [2.75, 3.05) is 27.2 Å². The molecule has 1 aromatic rings. The Bertz CT molecular complexity index is 380. The van der Waals surface area contributed by atoms with Crippen molar-refractivity contribution in [3.05, 3.63) is 23.2 Å². The molecule has 0 aromatic carbocycles. The van der Waals surface area contributed by atoms with Gasteiger partial charge in [-0.3, -0.25) is 14.7 Å². The van der Waals surface area contributed by atoms with Crippen LogP contribution in [0.4, 0.5) is 0 Å². The lowest BCUT2D eigenvalue weighted by Crippen LogP contribution is -2.36. The molecule has 0 fully saturated rings. The van der Waals surface area contributed by atoms with Gasteiger partial charge in [-0.2, -0.15) is 0 Å². The fourth-order valence-electron chi connectivity index (χ4n) is 1.51. The molecule has 1 heterocycles. The minimum Gasteiger partial charge on any atom is -0.348 e. The Labute approximate surface area is 113 Å². The highest BCUT2D eigenvalue weighted by Gasteiger charge is 2.12. The van der Waals surface area contributed by atoms with E-state index in [2.05, 4.69) is 21.8 Å². The Kier molecular flexibility index (Phi) is 6.01. The molecule has 0 aliphatic carbocycles. The third-order valence-electron chi connectivity index (χ3n) is 2.46. The normalized spacial score (nSPS) is 10.7. The van der Waals surface area contributed by atoms with Gasteiger partial charge in [0.05, 0.1) is 24.6 Å². The zero-order valence-corrected chi connectivity index (χ0v) is 11.8. The molecule has 0 aliphatic heterocycles. The van der Waals surface area contributed by atoms with Crippen LogP contribution in [-0.2, 0) is 11.3 Å². The first-order valence-corrected chi connectivity index (χ1v) is 6.29. The molecule has 0 radical (unpaired) electrons. The molecular weight excluding hydrogens is 252 g/mol. The molecule has 0 atom stereocenters. The van der Waals surface area contributed by atoms with Gasteiger partial charge in [0.2, 0.25) is 5.91 Å². The van der Waals surface area contributed by atoms with Gasteiger partial charge in [0.1, 0.15) is 5.15 Å². The van der Waals surface area contributed by atoms with Gasteiger partial charge in [0.25, 0.3) is 0 Å². The molecule has 0 unspecified atom stereocenters. The molecule has 0 aliphatic rings. The molecule has 5 nitrogen and oxygen atoms in total. The molecule has 0 saturated carbocycles. The van der Waals surface area contributed by atoms with Gasteiger partial charge >= 0.3 is 0 Å². The number of amides is 1. The average Bonchev–Trinajstić information content (AvgIpc) is 2.32. The highest BCUT2D eigenvalue weighted by atomic mass is 35.5. The van der Waals surface area contributed by atoms with Crippen molar-refractivity contribution in [1.29, 1.82) is 0 Å². The van der Waals surface area contributed by atoms with Crippen LogP contribution in [0.15, 0.2) is 12.4 Å². The van der Waals surface area contributed by atoms with Crippen LogP contribution < -0.4 is 0 Å². The Morgan fingerprint density at radius 1 is 1.33 bits per heavy atom. The summed E-state index contributed by atoms with van der Waals surface area (Å²) in [6, 6.07) is 0. The van der Waals surface area contributed by atoms with Crippen molar-refractivity contribution in [1.82, 2.24) is 19.8 Å². The lowest BCUT2D eigenvalue weighted by molar-refractivity contribution is -0.130. The monoisotopic (exact) mass is 270 g/mol. The van der Waals surface area contributed by atoms with E-state index >= 15 is 0 Å². The zero-order chi connectivity index (χ0) is 13.5. The standard InChI is InChI=1S/C12H19ClN4O/c1-4-5-17(9-12(18)16(2)3)8-10-6-15-11(13)7-14-10/h6-7H,4-5,8-9H2,1-3H3. The third-order valence-corrected chi connectivity index (χ3v) is 2.65. The summed E-state index contributed by atoms with van der Waals surface area (Å²) in [6.07, 6.45) is 4.15. The summed E-state index contributed by atoms with van der Waals surface area (Å²) in [5.41, 5.74) is 0.819. The van der Waals surface area contributed by atoms with E-state index in [9.17, 15) is 4.79 Å². The minimum atomic E-state index is 0.0883. The van der Waals surface area contributed by atoms with E-state index in [1.54, 1.807) is 25.2 Å². The van der Waals surface area contributed by atoms with E-state index in [0.29, 0.717) is 18.2 Å².